The van der Waals surface area contributed by atoms with Crippen LogP contribution in [0, 0.1) is 5.92 Å². The zero-order valence-corrected chi connectivity index (χ0v) is 17.8. The number of carbonyl (C=O) groups excluding carboxylic acids is 2. The largest absolute Gasteiger partial charge is 0.507 e. The molecule has 1 heterocycles. The van der Waals surface area contributed by atoms with Gasteiger partial charge in [0, 0.05) is 19.1 Å². The van der Waals surface area contributed by atoms with Gasteiger partial charge < -0.3 is 34.3 Å². The van der Waals surface area contributed by atoms with Gasteiger partial charge in [0.05, 0.1) is 7.11 Å². The summed E-state index contributed by atoms with van der Waals surface area (Å²) in [4.78, 5) is 25.1. The van der Waals surface area contributed by atoms with Gasteiger partial charge in [0.1, 0.15) is 48.3 Å². The predicted molar refractivity (Wildman–Crippen MR) is 111 cm³/mol. The first-order valence-corrected chi connectivity index (χ1v) is 9.68. The van der Waals surface area contributed by atoms with Gasteiger partial charge in [-0.3, -0.25) is 4.79 Å². The van der Waals surface area contributed by atoms with E-state index in [0.717, 1.165) is 6.08 Å². The molecule has 4 unspecified atom stereocenters. The Morgan fingerprint density at radius 2 is 1.77 bits per heavy atom. The highest BCUT2D eigenvalue weighted by molar-refractivity contribution is 5.97. The van der Waals surface area contributed by atoms with Crippen molar-refractivity contribution in [3.8, 4) is 11.5 Å². The molecule has 0 saturated carbocycles. The van der Waals surface area contributed by atoms with Gasteiger partial charge in [-0.15, -0.1) is 0 Å². The molecule has 1 aliphatic heterocycles. The molecule has 2 rings (SSSR count). The smallest absolute Gasteiger partial charge is 0.342 e. The summed E-state index contributed by atoms with van der Waals surface area (Å²) >= 11 is 0. The molecule has 1 aromatic rings. The molecule has 1 aromatic carbocycles. The van der Waals surface area contributed by atoms with Gasteiger partial charge >= 0.3 is 5.97 Å². The van der Waals surface area contributed by atoms with Crippen LogP contribution in [-0.2, 0) is 19.0 Å². The molecule has 9 nitrogen and oxygen atoms in total. The Hall–Kier alpha value is -2.72. The lowest BCUT2D eigenvalue weighted by Gasteiger charge is -2.24. The molecule has 9 heteroatoms. The lowest BCUT2D eigenvalue weighted by molar-refractivity contribution is -0.142. The number of methoxy groups -OCH3 is 2. The lowest BCUT2D eigenvalue weighted by Crippen LogP contribution is -2.42. The van der Waals surface area contributed by atoms with E-state index in [1.54, 1.807) is 13.8 Å². The number of ether oxygens (including phenoxy) is 4. The Balaban J connectivity index is 2.60. The highest BCUT2D eigenvalue weighted by Crippen LogP contribution is 2.31. The summed E-state index contributed by atoms with van der Waals surface area (Å²) in [7, 11) is 2.78. The van der Waals surface area contributed by atoms with E-state index in [0.29, 0.717) is 0 Å². The van der Waals surface area contributed by atoms with Crippen LogP contribution in [-0.4, -0.2) is 72.5 Å². The molecule has 0 saturated heterocycles. The SMILES string of the molecule is COCOC1/C=C/c2cc(OC)cc(O)c2C(=O)OC(C)[C@H](C)/C=C\C(=O)C(O)C1O. The summed E-state index contributed by atoms with van der Waals surface area (Å²) in [5, 5.41) is 31.2. The van der Waals surface area contributed by atoms with Crippen molar-refractivity contribution >= 4 is 17.8 Å². The number of phenols is 1. The Bertz CT molecular complexity index is 846. The van der Waals surface area contributed by atoms with Crippen molar-refractivity contribution < 1.29 is 43.9 Å². The number of aliphatic hydroxyl groups is 2. The molecule has 1 aliphatic rings. The van der Waals surface area contributed by atoms with Crippen LogP contribution < -0.4 is 4.74 Å². The molecular formula is C22H28O9. The van der Waals surface area contributed by atoms with Gasteiger partial charge in [-0.05, 0) is 24.6 Å². The average molecular weight is 436 g/mol. The zero-order valence-electron chi connectivity index (χ0n) is 17.8. The van der Waals surface area contributed by atoms with Crippen LogP contribution in [0.5, 0.6) is 11.5 Å². The molecular weight excluding hydrogens is 408 g/mol. The first-order chi connectivity index (χ1) is 14.7. The van der Waals surface area contributed by atoms with Crippen molar-refractivity contribution in [3.05, 3.63) is 41.5 Å². The molecule has 0 aromatic heterocycles. The third-order valence-electron chi connectivity index (χ3n) is 4.95. The van der Waals surface area contributed by atoms with Crippen LogP contribution in [0.2, 0.25) is 0 Å². The fraction of sp³-hybridized carbons (Fsp3) is 0.455. The lowest BCUT2D eigenvalue weighted by atomic mass is 9.98. The maximum Gasteiger partial charge on any atom is 0.342 e. The third kappa shape index (κ3) is 6.14. The summed E-state index contributed by atoms with van der Waals surface area (Å²) in [6, 6.07) is 2.77. The number of benzene rings is 1. The van der Waals surface area contributed by atoms with E-state index in [2.05, 4.69) is 0 Å². The molecule has 0 fully saturated rings. The molecule has 3 N–H and O–H groups in total. The first-order valence-electron chi connectivity index (χ1n) is 9.68. The molecule has 0 amide bonds. The summed E-state index contributed by atoms with van der Waals surface area (Å²) in [6.45, 7) is 3.13. The fourth-order valence-electron chi connectivity index (χ4n) is 2.89. The summed E-state index contributed by atoms with van der Waals surface area (Å²) in [6.07, 6.45) is 0.158. The molecule has 0 radical (unpaired) electrons. The van der Waals surface area contributed by atoms with Gasteiger partial charge in [-0.2, -0.15) is 0 Å². The Morgan fingerprint density at radius 1 is 1.06 bits per heavy atom. The van der Waals surface area contributed by atoms with E-state index >= 15 is 0 Å². The van der Waals surface area contributed by atoms with Gasteiger partial charge in [-0.1, -0.05) is 25.2 Å². The van der Waals surface area contributed by atoms with E-state index in [4.69, 9.17) is 18.9 Å². The topological polar surface area (TPSA) is 132 Å². The van der Waals surface area contributed by atoms with E-state index in [9.17, 15) is 24.9 Å². The second-order valence-electron chi connectivity index (χ2n) is 7.17. The van der Waals surface area contributed by atoms with Crippen molar-refractivity contribution in [3.63, 3.8) is 0 Å². The number of aromatic hydroxyl groups is 1. The minimum Gasteiger partial charge on any atom is -0.507 e. The van der Waals surface area contributed by atoms with Crippen molar-refractivity contribution in [2.75, 3.05) is 21.0 Å². The maximum atomic E-state index is 12.8. The zero-order chi connectivity index (χ0) is 23.1. The fourth-order valence-corrected chi connectivity index (χ4v) is 2.89. The van der Waals surface area contributed by atoms with Crippen LogP contribution in [0.25, 0.3) is 6.08 Å². The average Bonchev–Trinajstić information content (AvgIpc) is 2.74. The van der Waals surface area contributed by atoms with E-state index in [-0.39, 0.29) is 35.3 Å². The highest BCUT2D eigenvalue weighted by Gasteiger charge is 2.31. The second-order valence-corrected chi connectivity index (χ2v) is 7.17. The number of rotatable bonds is 4. The number of phenolic OH excluding ortho intramolecular Hbond substituents is 1. The quantitative estimate of drug-likeness (QED) is 0.474. The first kappa shape index (κ1) is 24.5. The van der Waals surface area contributed by atoms with Crippen molar-refractivity contribution in [2.24, 2.45) is 5.92 Å². The summed E-state index contributed by atoms with van der Waals surface area (Å²) in [5.41, 5.74) is 0.127. The van der Waals surface area contributed by atoms with Crippen molar-refractivity contribution in [2.45, 2.75) is 38.3 Å². The summed E-state index contributed by atoms with van der Waals surface area (Å²) in [5.74, 6) is -1.96. The summed E-state index contributed by atoms with van der Waals surface area (Å²) < 4.78 is 20.8. The van der Waals surface area contributed by atoms with Gasteiger partial charge in [0.15, 0.2) is 5.78 Å². The van der Waals surface area contributed by atoms with E-state index in [1.165, 1.54) is 44.6 Å². The molecule has 5 atom stereocenters. The van der Waals surface area contributed by atoms with Crippen LogP contribution in [0.15, 0.2) is 30.4 Å². The molecule has 0 bridgehead atoms. The number of ketones is 1. The van der Waals surface area contributed by atoms with Crippen LogP contribution in [0.4, 0.5) is 0 Å². The van der Waals surface area contributed by atoms with E-state index < -0.39 is 36.2 Å². The Labute approximate surface area is 180 Å². The minimum absolute atomic E-state index is 0.103. The van der Waals surface area contributed by atoms with Crippen LogP contribution in [0.3, 0.4) is 0 Å². The molecule has 170 valence electrons. The minimum atomic E-state index is -1.76. The molecule has 0 aliphatic carbocycles. The van der Waals surface area contributed by atoms with Crippen LogP contribution in [0.1, 0.15) is 29.8 Å². The standard InChI is InChI=1S/C22H28O9/c1-12-5-7-16(23)20(25)21(26)18(30-11-28-3)8-6-14-9-15(29-4)10-17(24)19(14)22(27)31-13(12)2/h5-10,12-13,18,20-21,24-26H,11H2,1-4H3/b7-5-,8-6+/t12-,13?,18?,20?,21?/m1/s1. The van der Waals surface area contributed by atoms with Crippen molar-refractivity contribution in [1.29, 1.82) is 0 Å². The maximum absolute atomic E-state index is 12.8. The number of aliphatic hydroxyl groups excluding tert-OH is 2. The van der Waals surface area contributed by atoms with Crippen molar-refractivity contribution in [1.82, 2.24) is 0 Å². The Morgan fingerprint density at radius 3 is 2.42 bits per heavy atom. The number of fused-ring (bicyclic) bond motifs is 1. The van der Waals surface area contributed by atoms with Crippen LogP contribution >= 0.6 is 0 Å². The number of esters is 1. The van der Waals surface area contributed by atoms with Gasteiger partial charge in [0.25, 0.3) is 0 Å². The Kier molecular flexibility index (Phi) is 8.76. The molecule has 0 spiro atoms. The third-order valence-corrected chi connectivity index (χ3v) is 4.95. The predicted octanol–water partition coefficient (Wildman–Crippen LogP) is 1.45. The normalized spacial score (nSPS) is 29.4. The van der Waals surface area contributed by atoms with Gasteiger partial charge in [-0.25, -0.2) is 4.79 Å². The van der Waals surface area contributed by atoms with Gasteiger partial charge in [0.2, 0.25) is 0 Å². The number of carbonyl (C=O) groups is 2. The number of hydrogen-bond acceptors (Lipinski definition) is 9. The molecule has 31 heavy (non-hydrogen) atoms. The second kappa shape index (κ2) is 11.1. The number of cyclic esters (lactones) is 1. The highest BCUT2D eigenvalue weighted by atomic mass is 16.7. The number of hydrogen-bond donors (Lipinski definition) is 3. The monoisotopic (exact) mass is 436 g/mol. The van der Waals surface area contributed by atoms with E-state index in [1.807, 2.05) is 0 Å².